The quantitative estimate of drug-likeness (QED) is 0.921. The maximum atomic E-state index is 13.1. The highest BCUT2D eigenvalue weighted by Crippen LogP contribution is 2.32. The monoisotopic (exact) mass is 265 g/mol. The van der Waals surface area contributed by atoms with E-state index in [-0.39, 0.29) is 11.9 Å². The Labute approximate surface area is 108 Å². The summed E-state index contributed by atoms with van der Waals surface area (Å²) in [5, 5.41) is 3.76. The van der Waals surface area contributed by atoms with Gasteiger partial charge in [-0.15, -0.1) is 0 Å². The predicted molar refractivity (Wildman–Crippen MR) is 64.1 cm³/mol. The maximum Gasteiger partial charge on any atom is 0.228 e. The molecule has 0 aliphatic heterocycles. The lowest BCUT2D eigenvalue weighted by atomic mass is 10.1. The van der Waals surface area contributed by atoms with Crippen LogP contribution in [-0.4, -0.2) is 16.2 Å². The highest BCUT2D eigenvalue weighted by Gasteiger charge is 2.29. The summed E-state index contributed by atoms with van der Waals surface area (Å²) in [7, 11) is 0. The number of halogens is 2. The first-order valence-corrected chi connectivity index (χ1v) is 6.17. The molecule has 3 rings (SSSR count). The predicted octanol–water partition coefficient (Wildman–Crippen LogP) is 2.29. The van der Waals surface area contributed by atoms with Crippen LogP contribution < -0.4 is 5.73 Å². The Kier molecular flexibility index (Phi) is 3.02. The second kappa shape index (κ2) is 4.70. The third-order valence-electron chi connectivity index (χ3n) is 3.28. The van der Waals surface area contributed by atoms with Gasteiger partial charge in [-0.05, 0) is 37.0 Å². The van der Waals surface area contributed by atoms with Crippen molar-refractivity contribution < 1.29 is 13.3 Å². The SMILES string of the molecule is NC(Cc1nc(-c2ccc(F)c(F)c2)no1)C1CC1. The Morgan fingerprint density at radius 2 is 2.11 bits per heavy atom. The van der Waals surface area contributed by atoms with Gasteiger partial charge in [0.15, 0.2) is 11.6 Å². The van der Waals surface area contributed by atoms with Crippen LogP contribution in [0.25, 0.3) is 11.4 Å². The van der Waals surface area contributed by atoms with Gasteiger partial charge in [0.25, 0.3) is 0 Å². The highest BCUT2D eigenvalue weighted by atomic mass is 19.2. The van der Waals surface area contributed by atoms with E-state index in [2.05, 4.69) is 10.1 Å². The van der Waals surface area contributed by atoms with E-state index in [1.165, 1.54) is 6.07 Å². The molecule has 1 unspecified atom stereocenters. The molecular weight excluding hydrogens is 252 g/mol. The molecule has 100 valence electrons. The van der Waals surface area contributed by atoms with Gasteiger partial charge in [-0.3, -0.25) is 0 Å². The van der Waals surface area contributed by atoms with Crippen molar-refractivity contribution in [2.45, 2.75) is 25.3 Å². The number of hydrogen-bond donors (Lipinski definition) is 1. The Balaban J connectivity index is 1.77. The van der Waals surface area contributed by atoms with Crippen molar-refractivity contribution in [2.75, 3.05) is 0 Å². The fourth-order valence-corrected chi connectivity index (χ4v) is 1.98. The topological polar surface area (TPSA) is 64.9 Å². The van der Waals surface area contributed by atoms with Crippen LogP contribution in [0.2, 0.25) is 0 Å². The van der Waals surface area contributed by atoms with Gasteiger partial charge in [-0.25, -0.2) is 8.78 Å². The molecule has 4 nitrogen and oxygen atoms in total. The molecule has 1 saturated carbocycles. The molecule has 1 atom stereocenters. The van der Waals surface area contributed by atoms with Gasteiger partial charge in [0, 0.05) is 18.0 Å². The Morgan fingerprint density at radius 3 is 2.79 bits per heavy atom. The summed E-state index contributed by atoms with van der Waals surface area (Å²) in [6.07, 6.45) is 2.80. The van der Waals surface area contributed by atoms with Crippen molar-refractivity contribution >= 4 is 0 Å². The van der Waals surface area contributed by atoms with Gasteiger partial charge < -0.3 is 10.3 Å². The van der Waals surface area contributed by atoms with Gasteiger partial charge in [0.05, 0.1) is 0 Å². The standard InChI is InChI=1S/C13H13F2N3O/c14-9-4-3-8(5-10(9)15)13-17-12(19-18-13)6-11(16)7-1-2-7/h3-5,7,11H,1-2,6,16H2. The lowest BCUT2D eigenvalue weighted by Crippen LogP contribution is -2.25. The van der Waals surface area contributed by atoms with Crippen LogP contribution in [0.1, 0.15) is 18.7 Å². The Morgan fingerprint density at radius 1 is 1.32 bits per heavy atom. The van der Waals surface area contributed by atoms with Gasteiger partial charge in [-0.2, -0.15) is 4.98 Å². The average molecular weight is 265 g/mol. The van der Waals surface area contributed by atoms with Crippen LogP contribution in [0.5, 0.6) is 0 Å². The van der Waals surface area contributed by atoms with Crippen molar-refractivity contribution in [3.05, 3.63) is 35.7 Å². The molecule has 0 spiro atoms. The molecule has 0 amide bonds. The molecule has 0 bridgehead atoms. The smallest absolute Gasteiger partial charge is 0.228 e. The minimum absolute atomic E-state index is 0.0262. The van der Waals surface area contributed by atoms with E-state index in [0.29, 0.717) is 23.8 Å². The molecule has 1 heterocycles. The van der Waals surface area contributed by atoms with Crippen LogP contribution in [0, 0.1) is 17.6 Å². The van der Waals surface area contributed by atoms with Crippen molar-refractivity contribution in [3.63, 3.8) is 0 Å². The van der Waals surface area contributed by atoms with E-state index < -0.39 is 11.6 Å². The molecule has 1 fully saturated rings. The highest BCUT2D eigenvalue weighted by molar-refractivity contribution is 5.54. The summed E-state index contributed by atoms with van der Waals surface area (Å²) in [6, 6.07) is 3.52. The van der Waals surface area contributed by atoms with Gasteiger partial charge in [-0.1, -0.05) is 5.16 Å². The van der Waals surface area contributed by atoms with Gasteiger partial charge >= 0.3 is 0 Å². The minimum Gasteiger partial charge on any atom is -0.339 e. The summed E-state index contributed by atoms with van der Waals surface area (Å²) in [5.74, 6) is -0.614. The second-order valence-corrected chi connectivity index (χ2v) is 4.85. The molecule has 0 radical (unpaired) electrons. The molecule has 2 aromatic rings. The fraction of sp³-hybridized carbons (Fsp3) is 0.385. The lowest BCUT2D eigenvalue weighted by Gasteiger charge is -2.04. The lowest BCUT2D eigenvalue weighted by molar-refractivity contribution is 0.364. The maximum absolute atomic E-state index is 13.1. The number of hydrogen-bond acceptors (Lipinski definition) is 4. The van der Waals surface area contributed by atoms with Crippen LogP contribution in [0.3, 0.4) is 0 Å². The summed E-state index contributed by atoms with van der Waals surface area (Å²) in [6.45, 7) is 0. The van der Waals surface area contributed by atoms with Crippen molar-refractivity contribution in [2.24, 2.45) is 11.7 Å². The number of benzene rings is 1. The fourth-order valence-electron chi connectivity index (χ4n) is 1.98. The zero-order chi connectivity index (χ0) is 13.4. The normalized spacial score (nSPS) is 16.6. The molecule has 0 saturated heterocycles. The van der Waals surface area contributed by atoms with Crippen LogP contribution in [0.15, 0.2) is 22.7 Å². The third-order valence-corrected chi connectivity index (χ3v) is 3.28. The summed E-state index contributed by atoms with van der Waals surface area (Å²) < 4.78 is 31.0. The summed E-state index contributed by atoms with van der Waals surface area (Å²) in [5.41, 5.74) is 6.35. The molecule has 1 aromatic heterocycles. The second-order valence-electron chi connectivity index (χ2n) is 4.85. The van der Waals surface area contributed by atoms with Crippen LogP contribution in [0.4, 0.5) is 8.78 Å². The van der Waals surface area contributed by atoms with E-state index in [1.807, 2.05) is 0 Å². The molecule has 6 heteroatoms. The molecular formula is C13H13F2N3O. The zero-order valence-electron chi connectivity index (χ0n) is 10.1. The summed E-state index contributed by atoms with van der Waals surface area (Å²) >= 11 is 0. The van der Waals surface area contributed by atoms with E-state index in [1.54, 1.807) is 0 Å². The van der Waals surface area contributed by atoms with Crippen LogP contribution in [-0.2, 0) is 6.42 Å². The van der Waals surface area contributed by atoms with Crippen molar-refractivity contribution in [1.82, 2.24) is 10.1 Å². The van der Waals surface area contributed by atoms with E-state index in [9.17, 15) is 8.78 Å². The molecule has 19 heavy (non-hydrogen) atoms. The van der Waals surface area contributed by atoms with Crippen LogP contribution >= 0.6 is 0 Å². The number of rotatable bonds is 4. The molecule has 1 aliphatic rings. The van der Waals surface area contributed by atoms with Gasteiger partial charge in [0.2, 0.25) is 11.7 Å². The first-order valence-electron chi connectivity index (χ1n) is 6.17. The summed E-state index contributed by atoms with van der Waals surface area (Å²) in [4.78, 5) is 4.15. The zero-order valence-corrected chi connectivity index (χ0v) is 10.1. The molecule has 2 N–H and O–H groups in total. The molecule has 1 aliphatic carbocycles. The average Bonchev–Trinajstić information content (AvgIpc) is 3.14. The Bertz CT molecular complexity index is 595. The van der Waals surface area contributed by atoms with E-state index in [0.717, 1.165) is 25.0 Å². The minimum atomic E-state index is -0.932. The van der Waals surface area contributed by atoms with Crippen molar-refractivity contribution in [1.29, 1.82) is 0 Å². The first kappa shape index (κ1) is 12.2. The van der Waals surface area contributed by atoms with Gasteiger partial charge in [0.1, 0.15) is 0 Å². The first-order chi connectivity index (χ1) is 9.13. The van der Waals surface area contributed by atoms with E-state index >= 15 is 0 Å². The number of aromatic nitrogens is 2. The van der Waals surface area contributed by atoms with Crippen molar-refractivity contribution in [3.8, 4) is 11.4 Å². The Hall–Kier alpha value is -1.82. The largest absolute Gasteiger partial charge is 0.339 e. The number of nitrogens with zero attached hydrogens (tertiary/aromatic N) is 2. The number of nitrogens with two attached hydrogens (primary N) is 1. The molecule has 1 aromatic carbocycles. The van der Waals surface area contributed by atoms with E-state index in [4.69, 9.17) is 10.3 Å². The third kappa shape index (κ3) is 2.63.